The van der Waals surface area contributed by atoms with Gasteiger partial charge in [-0.2, -0.15) is 0 Å². The van der Waals surface area contributed by atoms with Crippen LogP contribution in [0.25, 0.3) is 0 Å². The normalized spacial score (nSPS) is 26.2. The number of anilines is 1. The van der Waals surface area contributed by atoms with Gasteiger partial charge in [0.05, 0.1) is 31.9 Å². The van der Waals surface area contributed by atoms with Crippen molar-refractivity contribution >= 4 is 17.5 Å². The maximum Gasteiger partial charge on any atom is 0.261 e. The number of ether oxygens (including phenoxy) is 2. The van der Waals surface area contributed by atoms with E-state index in [4.69, 9.17) is 9.47 Å². The summed E-state index contributed by atoms with van der Waals surface area (Å²) in [7, 11) is 3.23. The Kier molecular flexibility index (Phi) is 5.12. The molecule has 0 aromatic heterocycles. The zero-order valence-electron chi connectivity index (χ0n) is 19.8. The quantitative estimate of drug-likeness (QED) is 0.531. The van der Waals surface area contributed by atoms with Crippen LogP contribution in [0.5, 0.6) is 11.5 Å². The van der Waals surface area contributed by atoms with Gasteiger partial charge < -0.3 is 9.47 Å². The number of fused-ring (bicyclic) bond motifs is 3. The fourth-order valence-electron chi connectivity index (χ4n) is 6.11. The Morgan fingerprint density at radius 3 is 2.06 bits per heavy atom. The van der Waals surface area contributed by atoms with Crippen molar-refractivity contribution in [3.63, 3.8) is 0 Å². The minimum absolute atomic E-state index is 0.181. The third-order valence-electron chi connectivity index (χ3n) is 7.58. The number of methoxy groups -OCH3 is 2. The number of hydrogen-bond acceptors (Lipinski definition) is 6. The van der Waals surface area contributed by atoms with Crippen molar-refractivity contribution in [2.75, 3.05) is 32.2 Å². The summed E-state index contributed by atoms with van der Waals surface area (Å²) < 4.78 is 10.6. The Morgan fingerprint density at radius 1 is 0.800 bits per heavy atom. The molecule has 7 heteroatoms. The summed E-state index contributed by atoms with van der Waals surface area (Å²) in [4.78, 5) is 30.1. The molecule has 3 heterocycles. The van der Waals surface area contributed by atoms with Gasteiger partial charge in [0.2, 0.25) is 5.91 Å². The average molecular weight is 470 g/mol. The Hall–Kier alpha value is -3.68. The predicted molar refractivity (Wildman–Crippen MR) is 131 cm³/mol. The summed E-state index contributed by atoms with van der Waals surface area (Å²) in [5.41, 5.74) is 1.31. The van der Waals surface area contributed by atoms with Gasteiger partial charge in [0, 0.05) is 13.1 Å². The van der Waals surface area contributed by atoms with Gasteiger partial charge in [0.15, 0.2) is 5.54 Å². The van der Waals surface area contributed by atoms with Crippen LogP contribution in [0.4, 0.5) is 5.69 Å². The molecule has 3 aromatic rings. The van der Waals surface area contributed by atoms with Gasteiger partial charge in [-0.3, -0.25) is 9.59 Å². The summed E-state index contributed by atoms with van der Waals surface area (Å²) in [5, 5.41) is 4.40. The number of hydrazine groups is 1. The minimum atomic E-state index is -1.10. The highest BCUT2D eigenvalue weighted by molar-refractivity contribution is 6.26. The Balaban J connectivity index is 1.55. The summed E-state index contributed by atoms with van der Waals surface area (Å²) in [6.07, 6.45) is 0.929. The topological polar surface area (TPSA) is 62.3 Å². The smallest absolute Gasteiger partial charge is 0.261 e. The van der Waals surface area contributed by atoms with Gasteiger partial charge in [-0.1, -0.05) is 42.5 Å². The molecule has 0 unspecified atom stereocenters. The molecule has 35 heavy (non-hydrogen) atoms. The van der Waals surface area contributed by atoms with E-state index < -0.39 is 11.5 Å². The molecule has 0 saturated carbocycles. The standard InChI is InChI=1S/C28H27N3O4/c1-34-22-13-9-19(10-14-22)25-24-26(32)31(21-11-15-23(35-2)16-12-21)27(33)28(24,20-7-4-3-5-8-20)30-18-6-17-29(25)30/h3-5,7-16,24-25H,6,17-18H2,1-2H3/t24-,25-,28-/m1/s1. The van der Waals surface area contributed by atoms with Gasteiger partial charge in [-0.25, -0.2) is 14.9 Å². The van der Waals surface area contributed by atoms with E-state index in [1.165, 1.54) is 4.90 Å². The lowest BCUT2D eigenvalue weighted by Crippen LogP contribution is -2.52. The molecule has 178 valence electrons. The molecule has 7 nitrogen and oxygen atoms in total. The van der Waals surface area contributed by atoms with E-state index >= 15 is 0 Å². The van der Waals surface area contributed by atoms with Crippen molar-refractivity contribution in [3.8, 4) is 11.5 Å². The molecule has 3 atom stereocenters. The van der Waals surface area contributed by atoms with Crippen LogP contribution in [-0.4, -0.2) is 49.1 Å². The lowest BCUT2D eigenvalue weighted by molar-refractivity contribution is -0.134. The zero-order valence-corrected chi connectivity index (χ0v) is 19.8. The highest BCUT2D eigenvalue weighted by atomic mass is 16.5. The molecule has 3 saturated heterocycles. The number of amides is 2. The van der Waals surface area contributed by atoms with E-state index in [0.717, 1.165) is 29.8 Å². The molecule has 0 bridgehead atoms. The van der Waals surface area contributed by atoms with Gasteiger partial charge in [0.25, 0.3) is 5.91 Å². The number of benzene rings is 3. The molecule has 0 N–H and O–H groups in total. The Bertz CT molecular complexity index is 1260. The maximum atomic E-state index is 14.5. The molecular weight excluding hydrogens is 442 g/mol. The van der Waals surface area contributed by atoms with Crippen LogP contribution in [0.3, 0.4) is 0 Å². The maximum absolute atomic E-state index is 14.5. The molecule has 6 rings (SSSR count). The first kappa shape index (κ1) is 21.8. The van der Waals surface area contributed by atoms with E-state index in [9.17, 15) is 9.59 Å². The van der Waals surface area contributed by atoms with Crippen LogP contribution >= 0.6 is 0 Å². The third-order valence-corrected chi connectivity index (χ3v) is 7.58. The molecule has 0 radical (unpaired) electrons. The Labute approximate surface area is 204 Å². The van der Waals surface area contributed by atoms with E-state index in [1.807, 2.05) is 54.6 Å². The highest BCUT2D eigenvalue weighted by Gasteiger charge is 2.73. The molecule has 3 aliphatic rings. The summed E-state index contributed by atoms with van der Waals surface area (Å²) in [6, 6.07) is 24.5. The van der Waals surface area contributed by atoms with E-state index in [-0.39, 0.29) is 17.9 Å². The van der Waals surface area contributed by atoms with E-state index in [2.05, 4.69) is 10.0 Å². The SMILES string of the molecule is COc1ccc([C@@H]2[C@@H]3C(=O)N(c4ccc(OC)cc4)C(=O)[C@]3(c3ccccc3)N3CCCN23)cc1. The van der Waals surface area contributed by atoms with Crippen molar-refractivity contribution in [2.45, 2.75) is 18.0 Å². The number of imide groups is 1. The van der Waals surface area contributed by atoms with Crippen LogP contribution in [0, 0.1) is 5.92 Å². The second kappa shape index (κ2) is 8.22. The van der Waals surface area contributed by atoms with Crippen LogP contribution in [-0.2, 0) is 15.1 Å². The first-order chi connectivity index (χ1) is 17.1. The van der Waals surface area contributed by atoms with Gasteiger partial charge in [-0.05, 0) is 53.9 Å². The lowest BCUT2D eigenvalue weighted by Gasteiger charge is -2.36. The van der Waals surface area contributed by atoms with Crippen molar-refractivity contribution in [3.05, 3.63) is 90.0 Å². The predicted octanol–water partition coefficient (Wildman–Crippen LogP) is 3.77. The number of carbonyl (C=O) groups excluding carboxylic acids is 2. The van der Waals surface area contributed by atoms with Crippen LogP contribution in [0.1, 0.15) is 23.6 Å². The van der Waals surface area contributed by atoms with Crippen molar-refractivity contribution in [1.29, 1.82) is 0 Å². The molecule has 0 aliphatic carbocycles. The second-order valence-corrected chi connectivity index (χ2v) is 9.14. The summed E-state index contributed by atoms with van der Waals surface area (Å²) in [5.74, 6) is 0.458. The molecule has 2 amide bonds. The fourth-order valence-corrected chi connectivity index (χ4v) is 6.11. The average Bonchev–Trinajstić information content (AvgIpc) is 3.55. The first-order valence-electron chi connectivity index (χ1n) is 11.9. The molecule has 3 aromatic carbocycles. The number of nitrogens with zero attached hydrogens (tertiary/aromatic N) is 3. The number of carbonyl (C=O) groups is 2. The number of rotatable bonds is 5. The van der Waals surface area contributed by atoms with Gasteiger partial charge in [0.1, 0.15) is 11.5 Å². The summed E-state index contributed by atoms with van der Waals surface area (Å²) in [6.45, 7) is 1.51. The zero-order chi connectivity index (χ0) is 24.2. The largest absolute Gasteiger partial charge is 0.497 e. The van der Waals surface area contributed by atoms with E-state index in [1.54, 1.807) is 38.5 Å². The van der Waals surface area contributed by atoms with Crippen molar-refractivity contribution in [1.82, 2.24) is 10.0 Å². The van der Waals surface area contributed by atoms with Gasteiger partial charge >= 0.3 is 0 Å². The molecular formula is C28H27N3O4. The molecule has 0 spiro atoms. The Morgan fingerprint density at radius 2 is 1.43 bits per heavy atom. The van der Waals surface area contributed by atoms with E-state index in [0.29, 0.717) is 18.0 Å². The fraction of sp³-hybridized carbons (Fsp3) is 0.286. The molecule has 3 fully saturated rings. The van der Waals surface area contributed by atoms with Crippen LogP contribution in [0.15, 0.2) is 78.9 Å². The van der Waals surface area contributed by atoms with Crippen LogP contribution < -0.4 is 14.4 Å². The highest BCUT2D eigenvalue weighted by Crippen LogP contribution is 2.59. The summed E-state index contributed by atoms with van der Waals surface area (Å²) >= 11 is 0. The lowest BCUT2D eigenvalue weighted by atomic mass is 9.75. The number of hydrogen-bond donors (Lipinski definition) is 0. The van der Waals surface area contributed by atoms with Crippen molar-refractivity contribution in [2.24, 2.45) is 5.92 Å². The van der Waals surface area contributed by atoms with Crippen LogP contribution in [0.2, 0.25) is 0 Å². The molecule has 3 aliphatic heterocycles. The minimum Gasteiger partial charge on any atom is -0.497 e. The van der Waals surface area contributed by atoms with Gasteiger partial charge in [-0.15, -0.1) is 0 Å². The third kappa shape index (κ3) is 2.98. The monoisotopic (exact) mass is 469 g/mol. The second-order valence-electron chi connectivity index (χ2n) is 9.14. The first-order valence-corrected chi connectivity index (χ1v) is 11.9. The van der Waals surface area contributed by atoms with Crippen molar-refractivity contribution < 1.29 is 19.1 Å².